The van der Waals surface area contributed by atoms with Crippen molar-refractivity contribution in [3.8, 4) is 0 Å². The number of benzene rings is 3. The van der Waals surface area contributed by atoms with Crippen molar-refractivity contribution in [1.29, 1.82) is 0 Å². The van der Waals surface area contributed by atoms with Gasteiger partial charge in [0.05, 0.1) is 5.52 Å². The molecule has 4 rings (SSSR count). The molecular weight excluding hydrogens is 388 g/mol. The number of pyridine rings is 1. The predicted molar refractivity (Wildman–Crippen MR) is 116 cm³/mol. The number of hydrogen-bond acceptors (Lipinski definition) is 3. The van der Waals surface area contributed by atoms with Gasteiger partial charge in [0.2, 0.25) is 0 Å². The second-order valence-electron chi connectivity index (χ2n) is 6.37. The molecule has 0 saturated heterocycles. The van der Waals surface area contributed by atoms with E-state index in [2.05, 4.69) is 22.4 Å². The van der Waals surface area contributed by atoms with E-state index >= 15 is 0 Å². The number of carbonyl (C=O) groups is 1. The number of para-hydroxylation sites is 1. The minimum absolute atomic E-state index is 0.182. The lowest BCUT2D eigenvalue weighted by Crippen LogP contribution is -2.11. The molecule has 0 radical (unpaired) electrons. The average molecular weight is 405 g/mol. The average Bonchev–Trinajstić information content (AvgIpc) is 2.69. The van der Waals surface area contributed by atoms with Crippen LogP contribution >= 0.6 is 23.4 Å². The summed E-state index contributed by atoms with van der Waals surface area (Å²) in [7, 11) is 0. The van der Waals surface area contributed by atoms with Gasteiger partial charge >= 0.3 is 0 Å². The van der Waals surface area contributed by atoms with E-state index in [9.17, 15) is 4.79 Å². The molecule has 0 aliphatic heterocycles. The van der Waals surface area contributed by atoms with Crippen molar-refractivity contribution in [3.05, 3.63) is 95.1 Å². The predicted octanol–water partition coefficient (Wildman–Crippen LogP) is 6.60. The van der Waals surface area contributed by atoms with Gasteiger partial charge in [0.15, 0.2) is 0 Å². The van der Waals surface area contributed by atoms with Crippen LogP contribution in [0.4, 0.5) is 5.69 Å². The normalized spacial score (nSPS) is 10.8. The minimum atomic E-state index is -0.182. The maximum atomic E-state index is 12.3. The van der Waals surface area contributed by atoms with Crippen LogP contribution in [0.3, 0.4) is 0 Å². The Morgan fingerprint density at radius 3 is 2.54 bits per heavy atom. The lowest BCUT2D eigenvalue weighted by atomic mass is 10.2. The van der Waals surface area contributed by atoms with Crippen molar-refractivity contribution in [2.24, 2.45) is 0 Å². The first-order valence-electron chi connectivity index (χ1n) is 8.80. The SMILES string of the molecule is Cc1cc(Sc2ccc(NC(=O)c3cccc(Cl)c3)cc2)c2ccccc2n1. The summed E-state index contributed by atoms with van der Waals surface area (Å²) in [6.45, 7) is 2.00. The molecule has 1 heterocycles. The highest BCUT2D eigenvalue weighted by atomic mass is 35.5. The Morgan fingerprint density at radius 1 is 0.964 bits per heavy atom. The molecule has 3 nitrogen and oxygen atoms in total. The first kappa shape index (κ1) is 18.5. The van der Waals surface area contributed by atoms with Crippen LogP contribution in [0.5, 0.6) is 0 Å². The largest absolute Gasteiger partial charge is 0.322 e. The number of aryl methyl sites for hydroxylation is 1. The zero-order chi connectivity index (χ0) is 19.5. The lowest BCUT2D eigenvalue weighted by molar-refractivity contribution is 0.102. The van der Waals surface area contributed by atoms with Gasteiger partial charge in [-0.3, -0.25) is 9.78 Å². The molecule has 0 unspecified atom stereocenters. The number of amides is 1. The number of halogens is 1. The summed E-state index contributed by atoms with van der Waals surface area (Å²) in [5, 5.41) is 4.57. The molecule has 0 saturated carbocycles. The van der Waals surface area contributed by atoms with E-state index in [-0.39, 0.29) is 5.91 Å². The van der Waals surface area contributed by atoms with Crippen LogP contribution in [0.25, 0.3) is 10.9 Å². The monoisotopic (exact) mass is 404 g/mol. The van der Waals surface area contributed by atoms with Crippen molar-refractivity contribution in [2.45, 2.75) is 16.7 Å². The molecule has 0 bridgehead atoms. The first-order chi connectivity index (χ1) is 13.6. The first-order valence-corrected chi connectivity index (χ1v) is 9.99. The molecule has 5 heteroatoms. The summed E-state index contributed by atoms with van der Waals surface area (Å²) < 4.78 is 0. The zero-order valence-corrected chi connectivity index (χ0v) is 16.7. The fraction of sp³-hybridized carbons (Fsp3) is 0.0435. The van der Waals surface area contributed by atoms with Crippen molar-refractivity contribution in [1.82, 2.24) is 4.98 Å². The van der Waals surface area contributed by atoms with Crippen LogP contribution in [0.2, 0.25) is 5.02 Å². The van der Waals surface area contributed by atoms with Crippen molar-refractivity contribution >= 4 is 45.9 Å². The number of anilines is 1. The summed E-state index contributed by atoms with van der Waals surface area (Å²) in [6, 6.07) is 25.0. The van der Waals surface area contributed by atoms with Gasteiger partial charge in [0.1, 0.15) is 0 Å². The number of aromatic nitrogens is 1. The second-order valence-corrected chi connectivity index (χ2v) is 7.92. The van der Waals surface area contributed by atoms with Crippen molar-refractivity contribution < 1.29 is 4.79 Å². The van der Waals surface area contributed by atoms with Crippen molar-refractivity contribution in [3.63, 3.8) is 0 Å². The smallest absolute Gasteiger partial charge is 0.255 e. The Balaban J connectivity index is 1.52. The molecule has 0 aliphatic rings. The second kappa shape index (κ2) is 8.05. The highest BCUT2D eigenvalue weighted by Crippen LogP contribution is 2.34. The van der Waals surface area contributed by atoms with Gasteiger partial charge in [-0.1, -0.05) is 47.6 Å². The molecule has 1 N–H and O–H groups in total. The maximum Gasteiger partial charge on any atom is 0.255 e. The quantitative estimate of drug-likeness (QED) is 0.416. The van der Waals surface area contributed by atoms with Gasteiger partial charge in [0.25, 0.3) is 5.91 Å². The molecule has 0 atom stereocenters. The Bertz CT molecular complexity index is 1160. The van der Waals surface area contributed by atoms with Crippen molar-refractivity contribution in [2.75, 3.05) is 5.32 Å². The molecule has 1 aromatic heterocycles. The third-order valence-corrected chi connectivity index (χ3v) is 5.53. The van der Waals surface area contributed by atoms with Crippen LogP contribution in [0, 0.1) is 6.92 Å². The Hall–Kier alpha value is -2.82. The van der Waals surface area contributed by atoms with E-state index in [1.54, 1.807) is 36.0 Å². The van der Waals surface area contributed by atoms with Gasteiger partial charge in [-0.25, -0.2) is 0 Å². The van der Waals surface area contributed by atoms with Gasteiger partial charge < -0.3 is 5.32 Å². The zero-order valence-electron chi connectivity index (χ0n) is 15.1. The Morgan fingerprint density at radius 2 is 1.75 bits per heavy atom. The van der Waals surface area contributed by atoms with E-state index in [0.717, 1.165) is 27.2 Å². The fourth-order valence-electron chi connectivity index (χ4n) is 2.92. The van der Waals surface area contributed by atoms with E-state index in [1.807, 2.05) is 49.4 Å². The molecular formula is C23H17ClN2OS. The minimum Gasteiger partial charge on any atom is -0.322 e. The summed E-state index contributed by atoms with van der Waals surface area (Å²) in [4.78, 5) is 19.2. The third-order valence-electron chi connectivity index (χ3n) is 4.23. The number of carbonyl (C=O) groups excluding carboxylic acids is 1. The van der Waals surface area contributed by atoms with Gasteiger partial charge in [-0.05, 0) is 61.5 Å². The van der Waals surface area contributed by atoms with Crippen LogP contribution < -0.4 is 5.32 Å². The number of nitrogens with zero attached hydrogens (tertiary/aromatic N) is 1. The van der Waals surface area contributed by atoms with Gasteiger partial charge in [-0.15, -0.1) is 0 Å². The van der Waals surface area contributed by atoms with E-state index < -0.39 is 0 Å². The van der Waals surface area contributed by atoms with Crippen LogP contribution in [0.1, 0.15) is 16.1 Å². The number of fused-ring (bicyclic) bond motifs is 1. The number of rotatable bonds is 4. The summed E-state index contributed by atoms with van der Waals surface area (Å²) in [5.74, 6) is -0.182. The van der Waals surface area contributed by atoms with E-state index in [0.29, 0.717) is 10.6 Å². The van der Waals surface area contributed by atoms with Crippen LogP contribution in [-0.2, 0) is 0 Å². The molecule has 0 fully saturated rings. The van der Waals surface area contributed by atoms with Crippen LogP contribution in [-0.4, -0.2) is 10.9 Å². The maximum absolute atomic E-state index is 12.3. The highest BCUT2D eigenvalue weighted by molar-refractivity contribution is 7.99. The topological polar surface area (TPSA) is 42.0 Å². The molecule has 1 amide bonds. The van der Waals surface area contributed by atoms with Gasteiger partial charge in [-0.2, -0.15) is 0 Å². The molecule has 138 valence electrons. The molecule has 3 aromatic carbocycles. The lowest BCUT2D eigenvalue weighted by Gasteiger charge is -2.09. The molecule has 4 aromatic rings. The van der Waals surface area contributed by atoms with E-state index in [1.165, 1.54) is 4.90 Å². The standard InChI is InChI=1S/C23H17ClN2OS/c1-15-13-22(20-7-2-3-8-21(20)25-15)28-19-11-9-18(10-12-19)26-23(27)16-5-4-6-17(24)14-16/h2-14H,1H3,(H,26,27). The molecule has 28 heavy (non-hydrogen) atoms. The summed E-state index contributed by atoms with van der Waals surface area (Å²) in [5.41, 5.74) is 3.26. The van der Waals surface area contributed by atoms with E-state index in [4.69, 9.17) is 11.6 Å². The fourth-order valence-corrected chi connectivity index (χ4v) is 4.15. The summed E-state index contributed by atoms with van der Waals surface area (Å²) in [6.07, 6.45) is 0. The van der Waals surface area contributed by atoms with Gasteiger partial charge in [0, 0.05) is 37.1 Å². The molecule has 0 spiro atoms. The van der Waals surface area contributed by atoms with Crippen LogP contribution in [0.15, 0.2) is 88.7 Å². The summed E-state index contributed by atoms with van der Waals surface area (Å²) >= 11 is 7.64. The number of hydrogen-bond donors (Lipinski definition) is 1. The Kier molecular flexibility index (Phi) is 5.33. The highest BCUT2D eigenvalue weighted by Gasteiger charge is 2.08. The molecule has 0 aliphatic carbocycles. The third kappa shape index (κ3) is 4.19. The Labute approximate surface area is 172 Å². The number of nitrogens with one attached hydrogen (secondary N) is 1.